The van der Waals surface area contributed by atoms with E-state index in [1.54, 1.807) is 0 Å². The Balaban J connectivity index is 1.89. The Bertz CT molecular complexity index is 394. The van der Waals surface area contributed by atoms with Gasteiger partial charge in [-0.3, -0.25) is 20.2 Å². The summed E-state index contributed by atoms with van der Waals surface area (Å²) in [7, 11) is 0. The van der Waals surface area contributed by atoms with Gasteiger partial charge in [0.05, 0.1) is 23.9 Å². The van der Waals surface area contributed by atoms with Gasteiger partial charge < -0.3 is 10.6 Å². The van der Waals surface area contributed by atoms with Crippen molar-refractivity contribution < 1.29 is 19.2 Å². The van der Waals surface area contributed by atoms with Crippen LogP contribution in [0.2, 0.25) is 0 Å². The van der Waals surface area contributed by atoms with Crippen LogP contribution in [0.5, 0.6) is 0 Å². The number of amides is 6. The molecule has 3 aliphatic rings. The lowest BCUT2D eigenvalue weighted by molar-refractivity contribution is -0.147. The number of nitrogens with one attached hydrogen (secondary N) is 4. The van der Waals surface area contributed by atoms with Crippen molar-refractivity contribution in [1.29, 1.82) is 0 Å². The molecule has 1 saturated carbocycles. The fraction of sp³-hybridized carbons (Fsp3) is 0.500. The lowest BCUT2D eigenvalue weighted by Gasteiger charge is -2.53. The van der Waals surface area contributed by atoms with E-state index in [0.29, 0.717) is 0 Å². The molecule has 8 nitrogen and oxygen atoms in total. The maximum absolute atomic E-state index is 11.5. The Morgan fingerprint density at radius 3 is 1.44 bits per heavy atom. The van der Waals surface area contributed by atoms with Crippen molar-refractivity contribution in [3.8, 4) is 0 Å². The molecule has 3 fully saturated rings. The summed E-state index contributed by atoms with van der Waals surface area (Å²) in [5.41, 5.74) is 0. The topological polar surface area (TPSA) is 116 Å². The Labute approximate surface area is 89.1 Å². The predicted molar refractivity (Wildman–Crippen MR) is 47.9 cm³/mol. The molecule has 4 N–H and O–H groups in total. The van der Waals surface area contributed by atoms with Crippen LogP contribution in [0, 0.1) is 11.8 Å². The van der Waals surface area contributed by atoms with Crippen molar-refractivity contribution in [3.63, 3.8) is 0 Å². The molecule has 2 saturated heterocycles. The quantitative estimate of drug-likeness (QED) is 0.368. The molecule has 0 aromatic carbocycles. The minimum absolute atomic E-state index is 0.471. The number of hydrogen-bond acceptors (Lipinski definition) is 4. The van der Waals surface area contributed by atoms with Gasteiger partial charge in [0.25, 0.3) is 0 Å². The van der Waals surface area contributed by atoms with Gasteiger partial charge in [0, 0.05) is 0 Å². The molecule has 4 unspecified atom stereocenters. The van der Waals surface area contributed by atoms with Crippen LogP contribution < -0.4 is 21.3 Å². The van der Waals surface area contributed by atoms with Gasteiger partial charge in [-0.1, -0.05) is 0 Å². The molecule has 84 valence electrons. The molecule has 0 spiro atoms. The van der Waals surface area contributed by atoms with Gasteiger partial charge in [-0.25, -0.2) is 9.59 Å². The fourth-order valence-corrected chi connectivity index (χ4v) is 2.52. The zero-order valence-electron chi connectivity index (χ0n) is 7.94. The Morgan fingerprint density at radius 1 is 0.688 bits per heavy atom. The largest absolute Gasteiger partial charge is 0.332 e. The van der Waals surface area contributed by atoms with E-state index in [4.69, 9.17) is 0 Å². The fourth-order valence-electron chi connectivity index (χ4n) is 2.52. The average molecular weight is 224 g/mol. The van der Waals surface area contributed by atoms with Crippen molar-refractivity contribution in [1.82, 2.24) is 21.3 Å². The van der Waals surface area contributed by atoms with Crippen LogP contribution in [-0.4, -0.2) is 36.0 Å². The second-order valence-electron chi connectivity index (χ2n) is 4.03. The normalized spacial score (nSPS) is 40.5. The number of urea groups is 2. The third-order valence-electron chi connectivity index (χ3n) is 3.22. The molecule has 0 aromatic rings. The molecule has 0 radical (unpaired) electrons. The SMILES string of the molecule is O=C1NC(=O)C2C(N1)C1NC(=O)NC(=O)C12. The number of rotatable bonds is 0. The molecule has 4 atom stereocenters. The number of fused-ring (bicyclic) bond motifs is 4. The zero-order valence-corrected chi connectivity index (χ0v) is 7.94. The number of hydrogen-bond donors (Lipinski definition) is 4. The van der Waals surface area contributed by atoms with Gasteiger partial charge in [0.1, 0.15) is 0 Å². The van der Waals surface area contributed by atoms with E-state index in [1.807, 2.05) is 0 Å². The van der Waals surface area contributed by atoms with Gasteiger partial charge in [-0.05, 0) is 0 Å². The van der Waals surface area contributed by atoms with Crippen LogP contribution in [0.4, 0.5) is 9.59 Å². The van der Waals surface area contributed by atoms with Crippen LogP contribution in [-0.2, 0) is 9.59 Å². The lowest BCUT2D eigenvalue weighted by Crippen LogP contribution is -2.81. The molecule has 3 rings (SSSR count). The maximum Gasteiger partial charge on any atom is 0.321 e. The van der Waals surface area contributed by atoms with Crippen molar-refractivity contribution in [2.45, 2.75) is 12.1 Å². The van der Waals surface area contributed by atoms with Gasteiger partial charge in [-0.2, -0.15) is 0 Å². The first kappa shape index (κ1) is 9.13. The third kappa shape index (κ3) is 0.980. The first-order valence-electron chi connectivity index (χ1n) is 4.80. The molecular weight excluding hydrogens is 216 g/mol. The van der Waals surface area contributed by atoms with Gasteiger partial charge >= 0.3 is 12.1 Å². The van der Waals surface area contributed by atoms with Crippen LogP contribution in [0.3, 0.4) is 0 Å². The highest BCUT2D eigenvalue weighted by Gasteiger charge is 2.62. The second kappa shape index (κ2) is 2.71. The van der Waals surface area contributed by atoms with E-state index >= 15 is 0 Å². The second-order valence-corrected chi connectivity index (χ2v) is 4.03. The van der Waals surface area contributed by atoms with Gasteiger partial charge in [-0.15, -0.1) is 0 Å². The highest BCUT2D eigenvalue weighted by molar-refractivity contribution is 6.07. The summed E-state index contributed by atoms with van der Waals surface area (Å²) in [6.07, 6.45) is 0. The van der Waals surface area contributed by atoms with E-state index < -0.39 is 47.8 Å². The highest BCUT2D eigenvalue weighted by atomic mass is 16.2. The molecule has 2 heterocycles. The summed E-state index contributed by atoms with van der Waals surface area (Å²) in [5, 5.41) is 9.23. The molecule has 16 heavy (non-hydrogen) atoms. The highest BCUT2D eigenvalue weighted by Crippen LogP contribution is 2.38. The van der Waals surface area contributed by atoms with Crippen LogP contribution in [0.25, 0.3) is 0 Å². The third-order valence-corrected chi connectivity index (χ3v) is 3.22. The van der Waals surface area contributed by atoms with E-state index in [1.165, 1.54) is 0 Å². The van der Waals surface area contributed by atoms with Gasteiger partial charge in [0.2, 0.25) is 11.8 Å². The molecular formula is C8H8N4O4. The summed E-state index contributed by atoms with van der Waals surface area (Å²) in [6, 6.07) is -2.16. The molecule has 0 aromatic heterocycles. The van der Waals surface area contributed by atoms with Gasteiger partial charge in [0.15, 0.2) is 0 Å². The Hall–Kier alpha value is -2.12. The summed E-state index contributed by atoms with van der Waals surface area (Å²) < 4.78 is 0. The summed E-state index contributed by atoms with van der Waals surface area (Å²) in [4.78, 5) is 45.1. The standard InChI is InChI=1S/C8H8N4O4/c13-5-1-2-4(3(1)9-7(15)11-5)10-8(16)12-6(2)14/h1-4H,(H2,9,11,13,15)(H2,10,12,14,16). The first-order chi connectivity index (χ1) is 7.58. The minimum Gasteiger partial charge on any atom is -0.332 e. The monoisotopic (exact) mass is 224 g/mol. The van der Waals surface area contributed by atoms with Crippen molar-refractivity contribution >= 4 is 23.9 Å². The minimum atomic E-state index is -0.594. The van der Waals surface area contributed by atoms with E-state index in [9.17, 15) is 19.2 Å². The number of carbonyl (C=O) groups is 4. The van der Waals surface area contributed by atoms with Crippen molar-refractivity contribution in [2.75, 3.05) is 0 Å². The molecule has 6 amide bonds. The predicted octanol–water partition coefficient (Wildman–Crippen LogP) is -2.35. The summed E-state index contributed by atoms with van der Waals surface area (Å²) >= 11 is 0. The first-order valence-corrected chi connectivity index (χ1v) is 4.80. The molecule has 2 aliphatic heterocycles. The van der Waals surface area contributed by atoms with Crippen LogP contribution >= 0.6 is 0 Å². The molecule has 0 bridgehead atoms. The summed E-state index contributed by atoms with van der Waals surface area (Å²) in [6.45, 7) is 0. The Kier molecular flexibility index (Phi) is 1.55. The van der Waals surface area contributed by atoms with Crippen LogP contribution in [0.15, 0.2) is 0 Å². The van der Waals surface area contributed by atoms with E-state index in [0.717, 1.165) is 0 Å². The number of carbonyl (C=O) groups excluding carboxylic acids is 4. The summed E-state index contributed by atoms with van der Waals surface area (Å²) in [5.74, 6) is -2.13. The lowest BCUT2D eigenvalue weighted by atomic mass is 9.62. The van der Waals surface area contributed by atoms with Crippen LogP contribution in [0.1, 0.15) is 0 Å². The van der Waals surface area contributed by atoms with Crippen molar-refractivity contribution in [3.05, 3.63) is 0 Å². The maximum atomic E-state index is 11.5. The molecule has 8 heteroatoms. The number of imide groups is 2. The van der Waals surface area contributed by atoms with E-state index in [-0.39, 0.29) is 0 Å². The van der Waals surface area contributed by atoms with Crippen molar-refractivity contribution in [2.24, 2.45) is 11.8 Å². The smallest absolute Gasteiger partial charge is 0.321 e. The Morgan fingerprint density at radius 2 is 1.06 bits per heavy atom. The zero-order chi connectivity index (χ0) is 11.4. The molecule has 1 aliphatic carbocycles. The average Bonchev–Trinajstić information content (AvgIpc) is 2.16. The van der Waals surface area contributed by atoms with E-state index in [2.05, 4.69) is 21.3 Å².